The summed E-state index contributed by atoms with van der Waals surface area (Å²) in [6.45, 7) is 2.38. The summed E-state index contributed by atoms with van der Waals surface area (Å²) >= 11 is 0. The van der Waals surface area contributed by atoms with Crippen molar-refractivity contribution in [1.82, 2.24) is 15.3 Å². The van der Waals surface area contributed by atoms with Gasteiger partial charge in [-0.25, -0.2) is 9.97 Å². The van der Waals surface area contributed by atoms with Crippen molar-refractivity contribution in [2.75, 3.05) is 25.0 Å². The van der Waals surface area contributed by atoms with Crippen molar-refractivity contribution >= 4 is 5.82 Å². The van der Waals surface area contributed by atoms with E-state index in [2.05, 4.69) is 20.6 Å². The monoisotopic (exact) mass is 326 g/mol. The normalized spacial score (nSPS) is 25.1. The van der Waals surface area contributed by atoms with Gasteiger partial charge in [0, 0.05) is 30.9 Å². The lowest BCUT2D eigenvalue weighted by molar-refractivity contribution is -0.144. The van der Waals surface area contributed by atoms with Gasteiger partial charge in [-0.3, -0.25) is 0 Å². The van der Waals surface area contributed by atoms with Crippen LogP contribution in [0, 0.1) is 5.92 Å². The summed E-state index contributed by atoms with van der Waals surface area (Å²) in [5.41, 5.74) is 0.719. The van der Waals surface area contributed by atoms with E-state index < -0.39 is 12.0 Å². The molecule has 0 radical (unpaired) electrons. The van der Waals surface area contributed by atoms with E-state index in [1.165, 1.54) is 6.07 Å². The van der Waals surface area contributed by atoms with Gasteiger partial charge < -0.3 is 15.4 Å². The summed E-state index contributed by atoms with van der Waals surface area (Å²) in [5.74, 6) is -0.760. The molecule has 5 nitrogen and oxygen atoms in total. The summed E-state index contributed by atoms with van der Waals surface area (Å²) in [5, 5.41) is 6.17. The van der Waals surface area contributed by atoms with E-state index in [0.717, 1.165) is 31.4 Å². The van der Waals surface area contributed by atoms with Crippen LogP contribution >= 0.6 is 0 Å². The Kier molecular flexibility index (Phi) is 4.63. The zero-order valence-electron chi connectivity index (χ0n) is 12.3. The molecule has 2 heterocycles. The zero-order valence-corrected chi connectivity index (χ0v) is 12.3. The Hall–Kier alpha value is -1.93. The van der Waals surface area contributed by atoms with Gasteiger partial charge in [0.2, 0.25) is 5.82 Å². The number of rotatable bonds is 3. The number of allylic oxidation sites excluding steroid dienone is 2. The standard InChI is InChI=1S/C15H17F3N4O/c16-15(17,18)14-20-6-5-13(22-14)21-11-3-1-10(2-4-11)12-9-19-7-8-23-12/h1,3-6,10,12,19H,2,7-9H2,(H,20,21,22)/t10?,12-/m0/s1. The highest BCUT2D eigenvalue weighted by Gasteiger charge is 2.34. The molecule has 0 aromatic carbocycles. The molecule has 3 rings (SSSR count). The van der Waals surface area contributed by atoms with Crippen LogP contribution in [0.4, 0.5) is 19.0 Å². The second-order valence-corrected chi connectivity index (χ2v) is 5.42. The molecule has 1 aliphatic carbocycles. The molecule has 1 aliphatic heterocycles. The van der Waals surface area contributed by atoms with Crippen LogP contribution in [-0.2, 0) is 10.9 Å². The van der Waals surface area contributed by atoms with Crippen LogP contribution in [0.15, 0.2) is 36.2 Å². The summed E-state index contributed by atoms with van der Waals surface area (Å²) in [7, 11) is 0. The molecule has 124 valence electrons. The maximum absolute atomic E-state index is 12.6. The van der Waals surface area contributed by atoms with Crippen molar-refractivity contribution in [2.24, 2.45) is 5.92 Å². The molecule has 1 aromatic heterocycles. The number of morpholine rings is 1. The fourth-order valence-corrected chi connectivity index (χ4v) is 2.58. The molecule has 2 N–H and O–H groups in total. The van der Waals surface area contributed by atoms with E-state index in [1.54, 1.807) is 0 Å². The third-order valence-electron chi connectivity index (χ3n) is 3.75. The van der Waals surface area contributed by atoms with Crippen LogP contribution in [0.25, 0.3) is 0 Å². The summed E-state index contributed by atoms with van der Waals surface area (Å²) in [6, 6.07) is 1.41. The van der Waals surface area contributed by atoms with Gasteiger partial charge in [-0.05, 0) is 18.6 Å². The van der Waals surface area contributed by atoms with Gasteiger partial charge in [-0.15, -0.1) is 0 Å². The second kappa shape index (κ2) is 6.67. The van der Waals surface area contributed by atoms with Gasteiger partial charge in [-0.2, -0.15) is 13.2 Å². The quantitative estimate of drug-likeness (QED) is 0.893. The lowest BCUT2D eigenvalue weighted by Crippen LogP contribution is -2.42. The first-order chi connectivity index (χ1) is 11.0. The van der Waals surface area contributed by atoms with Gasteiger partial charge in [0.1, 0.15) is 5.82 Å². The molecule has 1 aromatic rings. The number of nitrogens with one attached hydrogen (secondary N) is 2. The van der Waals surface area contributed by atoms with E-state index in [1.807, 2.05) is 18.2 Å². The number of hydrogen-bond acceptors (Lipinski definition) is 5. The van der Waals surface area contributed by atoms with E-state index in [0.29, 0.717) is 6.61 Å². The van der Waals surface area contributed by atoms with Crippen LogP contribution in [-0.4, -0.2) is 35.8 Å². The van der Waals surface area contributed by atoms with Crippen LogP contribution in [0.3, 0.4) is 0 Å². The largest absolute Gasteiger partial charge is 0.451 e. The maximum atomic E-state index is 12.6. The Morgan fingerprint density at radius 2 is 2.22 bits per heavy atom. The minimum Gasteiger partial charge on any atom is -0.375 e. The van der Waals surface area contributed by atoms with Crippen molar-refractivity contribution in [3.63, 3.8) is 0 Å². The molecule has 0 bridgehead atoms. The predicted molar refractivity (Wildman–Crippen MR) is 78.6 cm³/mol. The van der Waals surface area contributed by atoms with Crippen LogP contribution < -0.4 is 10.6 Å². The van der Waals surface area contributed by atoms with Gasteiger partial charge >= 0.3 is 6.18 Å². The number of aromatic nitrogens is 2. The molecule has 0 saturated carbocycles. The fraction of sp³-hybridized carbons (Fsp3) is 0.467. The number of halogens is 3. The first-order valence-corrected chi connectivity index (χ1v) is 7.40. The average Bonchev–Trinajstić information content (AvgIpc) is 2.56. The number of nitrogens with zero attached hydrogens (tertiary/aromatic N) is 2. The Morgan fingerprint density at radius 1 is 1.35 bits per heavy atom. The third-order valence-corrected chi connectivity index (χ3v) is 3.75. The van der Waals surface area contributed by atoms with Gasteiger partial charge in [0.25, 0.3) is 0 Å². The van der Waals surface area contributed by atoms with Crippen molar-refractivity contribution in [2.45, 2.75) is 18.7 Å². The van der Waals surface area contributed by atoms with Crippen LogP contribution in [0.1, 0.15) is 12.2 Å². The highest BCUT2D eigenvalue weighted by atomic mass is 19.4. The topological polar surface area (TPSA) is 59.1 Å². The van der Waals surface area contributed by atoms with E-state index in [-0.39, 0.29) is 17.8 Å². The second-order valence-electron chi connectivity index (χ2n) is 5.42. The zero-order chi connectivity index (χ0) is 16.3. The molecule has 1 saturated heterocycles. The van der Waals surface area contributed by atoms with Crippen LogP contribution in [0.5, 0.6) is 0 Å². The average molecular weight is 326 g/mol. The Morgan fingerprint density at radius 3 is 2.87 bits per heavy atom. The number of alkyl halides is 3. The highest BCUT2D eigenvalue weighted by molar-refractivity contribution is 5.45. The fourth-order valence-electron chi connectivity index (χ4n) is 2.58. The Balaban J connectivity index is 1.62. The molecule has 0 amide bonds. The lowest BCUT2D eigenvalue weighted by Gasteiger charge is -2.30. The Bertz CT molecular complexity index is 609. The molecule has 2 atom stereocenters. The number of anilines is 1. The van der Waals surface area contributed by atoms with Crippen molar-refractivity contribution in [3.05, 3.63) is 42.0 Å². The highest BCUT2D eigenvalue weighted by Crippen LogP contribution is 2.27. The molecule has 8 heteroatoms. The molecule has 2 aliphatic rings. The van der Waals surface area contributed by atoms with E-state index >= 15 is 0 Å². The molecular formula is C15H17F3N4O. The van der Waals surface area contributed by atoms with Gasteiger partial charge in [-0.1, -0.05) is 12.2 Å². The maximum Gasteiger partial charge on any atom is 0.451 e. The van der Waals surface area contributed by atoms with Crippen molar-refractivity contribution in [1.29, 1.82) is 0 Å². The smallest absolute Gasteiger partial charge is 0.375 e. The van der Waals surface area contributed by atoms with Gasteiger partial charge in [0.15, 0.2) is 0 Å². The minimum absolute atomic E-state index is 0.122. The third kappa shape index (κ3) is 4.08. The lowest BCUT2D eigenvalue weighted by atomic mass is 9.93. The van der Waals surface area contributed by atoms with Crippen molar-refractivity contribution < 1.29 is 17.9 Å². The number of ether oxygens (including phenoxy) is 1. The molecule has 1 fully saturated rings. The Labute approximate surface area is 131 Å². The first-order valence-electron chi connectivity index (χ1n) is 7.40. The predicted octanol–water partition coefficient (Wildman–Crippen LogP) is 2.36. The van der Waals surface area contributed by atoms with Crippen LogP contribution in [0.2, 0.25) is 0 Å². The summed E-state index contributed by atoms with van der Waals surface area (Å²) < 4.78 is 43.5. The SMILES string of the molecule is FC(F)(F)c1nccc(NC2=CCC([C@@H]3CNCCO3)C=C2)n1. The molecule has 23 heavy (non-hydrogen) atoms. The van der Waals surface area contributed by atoms with Crippen molar-refractivity contribution in [3.8, 4) is 0 Å². The van der Waals surface area contributed by atoms with Gasteiger partial charge in [0.05, 0.1) is 12.7 Å². The number of hydrogen-bond donors (Lipinski definition) is 2. The molecule has 1 unspecified atom stereocenters. The van der Waals surface area contributed by atoms with E-state index in [4.69, 9.17) is 4.74 Å². The summed E-state index contributed by atoms with van der Waals surface area (Å²) in [6.07, 6.45) is 3.25. The summed E-state index contributed by atoms with van der Waals surface area (Å²) in [4.78, 5) is 6.73. The molecule has 0 spiro atoms. The molecular weight excluding hydrogens is 309 g/mol. The van der Waals surface area contributed by atoms with E-state index in [9.17, 15) is 13.2 Å². The first kappa shape index (κ1) is 15.9. The minimum atomic E-state index is -4.55.